The second kappa shape index (κ2) is 8.13. The third-order valence-corrected chi connectivity index (χ3v) is 7.13. The summed E-state index contributed by atoms with van der Waals surface area (Å²) in [6.07, 6.45) is 0.957. The lowest BCUT2D eigenvalue weighted by molar-refractivity contribution is -0.120. The lowest BCUT2D eigenvalue weighted by Gasteiger charge is -2.30. The number of amides is 1. The number of benzene rings is 2. The second-order valence-electron chi connectivity index (χ2n) is 7.10. The second-order valence-corrected chi connectivity index (χ2v) is 9.04. The van der Waals surface area contributed by atoms with Crippen LogP contribution in [0.25, 0.3) is 0 Å². The monoisotopic (exact) mass is 397 g/mol. The molecule has 1 amide bonds. The van der Waals surface area contributed by atoms with E-state index in [-0.39, 0.29) is 16.7 Å². The van der Waals surface area contributed by atoms with Gasteiger partial charge in [-0.1, -0.05) is 6.07 Å². The number of rotatable bonds is 4. The van der Waals surface area contributed by atoms with Crippen LogP contribution in [0.15, 0.2) is 47.4 Å². The van der Waals surface area contributed by atoms with Gasteiger partial charge in [-0.05, 0) is 74.2 Å². The Bertz CT molecular complexity index is 1020. The summed E-state index contributed by atoms with van der Waals surface area (Å²) in [5.74, 6) is -0.285. The molecule has 0 aromatic heterocycles. The van der Waals surface area contributed by atoms with Crippen molar-refractivity contribution < 1.29 is 13.2 Å². The highest BCUT2D eigenvalue weighted by molar-refractivity contribution is 7.89. The summed E-state index contributed by atoms with van der Waals surface area (Å²) in [4.78, 5) is 12.7. The van der Waals surface area contributed by atoms with Gasteiger partial charge < -0.3 is 5.32 Å². The average molecular weight is 398 g/mol. The zero-order chi connectivity index (χ0) is 20.3. The maximum atomic E-state index is 12.8. The summed E-state index contributed by atoms with van der Waals surface area (Å²) in [5, 5.41) is 11.8. The molecule has 0 bridgehead atoms. The van der Waals surface area contributed by atoms with Crippen LogP contribution in [0.1, 0.15) is 29.5 Å². The first-order valence-corrected chi connectivity index (χ1v) is 10.6. The van der Waals surface area contributed by atoms with Gasteiger partial charge in [-0.25, -0.2) is 8.42 Å². The van der Waals surface area contributed by atoms with E-state index in [1.165, 1.54) is 34.1 Å². The smallest absolute Gasteiger partial charge is 0.243 e. The van der Waals surface area contributed by atoms with Crippen LogP contribution in [0.2, 0.25) is 0 Å². The Kier molecular flexibility index (Phi) is 5.82. The first-order chi connectivity index (χ1) is 13.3. The Balaban J connectivity index is 1.62. The van der Waals surface area contributed by atoms with Crippen LogP contribution < -0.4 is 5.32 Å². The fourth-order valence-corrected chi connectivity index (χ4v) is 4.74. The van der Waals surface area contributed by atoms with Crippen molar-refractivity contribution in [3.63, 3.8) is 0 Å². The molecule has 1 saturated heterocycles. The molecule has 2 aromatic rings. The van der Waals surface area contributed by atoms with Crippen LogP contribution in [-0.4, -0.2) is 31.7 Å². The van der Waals surface area contributed by atoms with E-state index in [1.807, 2.05) is 38.1 Å². The van der Waals surface area contributed by atoms with Gasteiger partial charge in [-0.3, -0.25) is 4.79 Å². The molecule has 0 spiro atoms. The molecule has 28 heavy (non-hydrogen) atoms. The molecule has 1 N–H and O–H groups in total. The van der Waals surface area contributed by atoms with Crippen molar-refractivity contribution in [2.45, 2.75) is 31.6 Å². The normalized spacial score (nSPS) is 15.8. The molecule has 0 aliphatic carbocycles. The van der Waals surface area contributed by atoms with E-state index in [2.05, 4.69) is 5.32 Å². The molecule has 1 heterocycles. The first kappa shape index (κ1) is 20.1. The van der Waals surface area contributed by atoms with Gasteiger partial charge in [-0.2, -0.15) is 9.57 Å². The zero-order valence-corrected chi connectivity index (χ0v) is 16.8. The fraction of sp³-hybridized carbons (Fsp3) is 0.333. The summed E-state index contributed by atoms with van der Waals surface area (Å²) < 4.78 is 26.9. The number of anilines is 1. The number of hydrogen-bond donors (Lipinski definition) is 1. The largest absolute Gasteiger partial charge is 0.326 e. The first-order valence-electron chi connectivity index (χ1n) is 9.19. The predicted octanol–water partition coefficient (Wildman–Crippen LogP) is 3.21. The quantitative estimate of drug-likeness (QED) is 0.858. The third kappa shape index (κ3) is 4.24. The van der Waals surface area contributed by atoms with E-state index >= 15 is 0 Å². The van der Waals surface area contributed by atoms with E-state index in [4.69, 9.17) is 5.26 Å². The highest BCUT2D eigenvalue weighted by atomic mass is 32.2. The van der Waals surface area contributed by atoms with Crippen LogP contribution in [0.4, 0.5) is 5.69 Å². The number of carbonyl (C=O) groups is 1. The van der Waals surface area contributed by atoms with E-state index in [1.54, 1.807) is 0 Å². The molecule has 0 atom stereocenters. The number of carbonyl (C=O) groups excluding carboxylic acids is 1. The van der Waals surface area contributed by atoms with Crippen molar-refractivity contribution in [2.24, 2.45) is 5.92 Å². The average Bonchev–Trinajstić information content (AvgIpc) is 2.71. The molecule has 0 radical (unpaired) electrons. The fourth-order valence-electron chi connectivity index (χ4n) is 3.27. The van der Waals surface area contributed by atoms with Gasteiger partial charge in [-0.15, -0.1) is 0 Å². The maximum Gasteiger partial charge on any atom is 0.243 e. The Labute approximate surface area is 165 Å². The van der Waals surface area contributed by atoms with E-state index in [0.29, 0.717) is 31.5 Å². The molecule has 1 fully saturated rings. The van der Waals surface area contributed by atoms with Crippen molar-refractivity contribution in [3.05, 3.63) is 59.2 Å². The maximum absolute atomic E-state index is 12.8. The summed E-state index contributed by atoms with van der Waals surface area (Å²) in [5.41, 5.74) is 3.46. The molecular formula is C21H23N3O3S. The van der Waals surface area contributed by atoms with Crippen molar-refractivity contribution in [3.8, 4) is 6.07 Å². The molecule has 7 heteroatoms. The molecule has 146 valence electrons. The SMILES string of the molecule is Cc1ccc(NC(=O)C2CCN(S(=O)(=O)c3ccc(C#N)cc3)CC2)cc1C. The summed E-state index contributed by atoms with van der Waals surface area (Å²) in [6, 6.07) is 13.7. The van der Waals surface area contributed by atoms with Crippen LogP contribution in [0, 0.1) is 31.1 Å². The standard InChI is InChI=1S/C21H23N3O3S/c1-15-3-6-19(13-16(15)2)23-21(25)18-9-11-24(12-10-18)28(26,27)20-7-4-17(14-22)5-8-20/h3-8,13,18H,9-12H2,1-2H3,(H,23,25). The topological polar surface area (TPSA) is 90.3 Å². The van der Waals surface area contributed by atoms with Crippen molar-refractivity contribution in [1.29, 1.82) is 5.26 Å². The third-order valence-electron chi connectivity index (χ3n) is 5.22. The van der Waals surface area contributed by atoms with Gasteiger partial charge in [0, 0.05) is 24.7 Å². The Hall–Kier alpha value is -2.69. The van der Waals surface area contributed by atoms with Crippen LogP contribution >= 0.6 is 0 Å². The lowest BCUT2D eigenvalue weighted by Crippen LogP contribution is -2.41. The molecule has 0 unspecified atom stereocenters. The molecule has 3 rings (SSSR count). The number of nitriles is 1. The minimum Gasteiger partial charge on any atom is -0.326 e. The van der Waals surface area contributed by atoms with Crippen LogP contribution in [0.3, 0.4) is 0 Å². The van der Waals surface area contributed by atoms with Crippen molar-refractivity contribution >= 4 is 21.6 Å². The number of nitrogens with zero attached hydrogens (tertiary/aromatic N) is 2. The van der Waals surface area contributed by atoms with Gasteiger partial charge in [0.15, 0.2) is 0 Å². The summed E-state index contributed by atoms with van der Waals surface area (Å²) in [6.45, 7) is 4.61. The van der Waals surface area contributed by atoms with Gasteiger partial charge in [0.1, 0.15) is 0 Å². The zero-order valence-electron chi connectivity index (χ0n) is 16.0. The van der Waals surface area contributed by atoms with Crippen molar-refractivity contribution in [2.75, 3.05) is 18.4 Å². The molecular weight excluding hydrogens is 374 g/mol. The number of piperidine rings is 1. The summed E-state index contributed by atoms with van der Waals surface area (Å²) >= 11 is 0. The number of sulfonamides is 1. The van der Waals surface area contributed by atoms with Gasteiger partial charge in [0.2, 0.25) is 15.9 Å². The minimum absolute atomic E-state index is 0.0707. The number of aryl methyl sites for hydroxylation is 2. The Morgan fingerprint density at radius 1 is 1.07 bits per heavy atom. The van der Waals surface area contributed by atoms with Gasteiger partial charge in [0.05, 0.1) is 16.5 Å². The number of hydrogen-bond acceptors (Lipinski definition) is 4. The minimum atomic E-state index is -3.61. The van der Waals surface area contributed by atoms with Crippen molar-refractivity contribution in [1.82, 2.24) is 4.31 Å². The lowest BCUT2D eigenvalue weighted by atomic mass is 9.97. The molecule has 2 aromatic carbocycles. The van der Waals surface area contributed by atoms with Gasteiger partial charge in [0.25, 0.3) is 0 Å². The van der Waals surface area contributed by atoms with Crippen LogP contribution in [0.5, 0.6) is 0 Å². The highest BCUT2D eigenvalue weighted by Crippen LogP contribution is 2.25. The molecule has 6 nitrogen and oxygen atoms in total. The molecule has 1 aliphatic heterocycles. The number of nitrogens with one attached hydrogen (secondary N) is 1. The molecule has 1 aliphatic rings. The van der Waals surface area contributed by atoms with Crippen LogP contribution in [-0.2, 0) is 14.8 Å². The van der Waals surface area contributed by atoms with Gasteiger partial charge >= 0.3 is 0 Å². The van der Waals surface area contributed by atoms with E-state index < -0.39 is 10.0 Å². The Morgan fingerprint density at radius 3 is 2.29 bits per heavy atom. The van der Waals surface area contributed by atoms with E-state index in [0.717, 1.165) is 11.3 Å². The highest BCUT2D eigenvalue weighted by Gasteiger charge is 2.32. The van der Waals surface area contributed by atoms with E-state index in [9.17, 15) is 13.2 Å². The Morgan fingerprint density at radius 2 is 1.71 bits per heavy atom. The summed E-state index contributed by atoms with van der Waals surface area (Å²) in [7, 11) is -3.61. The molecule has 0 saturated carbocycles. The predicted molar refractivity (Wildman–Crippen MR) is 107 cm³/mol.